The lowest BCUT2D eigenvalue weighted by molar-refractivity contribution is 0.103. The molecule has 0 unspecified atom stereocenters. The molecule has 0 fully saturated rings. The van der Waals surface area contributed by atoms with Gasteiger partial charge >= 0.3 is 0 Å². The first-order valence-electron chi connectivity index (χ1n) is 6.57. The summed E-state index contributed by atoms with van der Waals surface area (Å²) in [6, 6.07) is 9.67. The average Bonchev–Trinajstić information content (AvgIpc) is 2.40. The lowest BCUT2D eigenvalue weighted by atomic mass is 9.99. The first-order valence-corrected chi connectivity index (χ1v) is 7.65. The third kappa shape index (κ3) is 3.69. The topological polar surface area (TPSA) is 49.9 Å². The van der Waals surface area contributed by atoms with Gasteiger partial charge in [0.25, 0.3) is 5.56 Å². The summed E-state index contributed by atoms with van der Waals surface area (Å²) in [7, 11) is 0. The number of carbonyl (C=O) groups excluding carboxylic acids is 1. The van der Waals surface area contributed by atoms with E-state index in [1.54, 1.807) is 26.8 Å². The van der Waals surface area contributed by atoms with E-state index in [9.17, 15) is 9.59 Å². The zero-order chi connectivity index (χ0) is 15.6. The maximum Gasteiger partial charge on any atom is 0.259 e. The highest BCUT2D eigenvalue weighted by molar-refractivity contribution is 14.1. The van der Waals surface area contributed by atoms with E-state index in [1.807, 2.05) is 30.3 Å². The number of H-pyrrole nitrogens is 1. The number of halogens is 1. The monoisotopic (exact) mass is 393 g/mol. The molecule has 1 aromatic carbocycles. The number of aromatic nitrogens is 1. The third-order valence-electron chi connectivity index (χ3n) is 3.20. The highest BCUT2D eigenvalue weighted by Gasteiger charge is 2.15. The Morgan fingerprint density at radius 1 is 1.19 bits per heavy atom. The van der Waals surface area contributed by atoms with E-state index in [0.29, 0.717) is 11.1 Å². The molecule has 1 aromatic heterocycles. The second-order valence-corrected chi connectivity index (χ2v) is 6.29. The molecule has 0 spiro atoms. The Labute approximate surface area is 137 Å². The minimum absolute atomic E-state index is 0.222. The number of pyridine rings is 1. The summed E-state index contributed by atoms with van der Waals surface area (Å²) >= 11 is 2.23. The largest absolute Gasteiger partial charge is 0.326 e. The first-order chi connectivity index (χ1) is 9.88. The highest BCUT2D eigenvalue weighted by Crippen LogP contribution is 2.14. The van der Waals surface area contributed by atoms with Crippen LogP contribution in [0.25, 0.3) is 6.08 Å². The van der Waals surface area contributed by atoms with Crippen molar-refractivity contribution in [3.8, 4) is 0 Å². The molecule has 0 radical (unpaired) electrons. The van der Waals surface area contributed by atoms with E-state index >= 15 is 0 Å². The molecular weight excluding hydrogens is 377 g/mol. The van der Waals surface area contributed by atoms with Crippen molar-refractivity contribution in [1.82, 2.24) is 4.98 Å². The molecular formula is C17H16INO2. The minimum Gasteiger partial charge on any atom is -0.326 e. The number of carbonyl (C=O) groups is 1. The summed E-state index contributed by atoms with van der Waals surface area (Å²) in [5, 5.41) is 0. The van der Waals surface area contributed by atoms with Gasteiger partial charge in [0.1, 0.15) is 0 Å². The van der Waals surface area contributed by atoms with Gasteiger partial charge in [-0.3, -0.25) is 9.59 Å². The normalized spacial score (nSPS) is 11.5. The van der Waals surface area contributed by atoms with Crippen LogP contribution < -0.4 is 5.56 Å². The van der Waals surface area contributed by atoms with Crippen LogP contribution in [-0.2, 0) is 0 Å². The van der Waals surface area contributed by atoms with Crippen molar-refractivity contribution in [2.24, 2.45) is 0 Å². The van der Waals surface area contributed by atoms with Crippen molar-refractivity contribution in [2.45, 2.75) is 20.8 Å². The Hall–Kier alpha value is -1.69. The molecule has 0 bridgehead atoms. The predicted octanol–water partition coefficient (Wildman–Crippen LogP) is 3.88. The third-order valence-corrected chi connectivity index (χ3v) is 3.92. The van der Waals surface area contributed by atoms with Crippen molar-refractivity contribution in [1.29, 1.82) is 0 Å². The zero-order valence-corrected chi connectivity index (χ0v) is 14.3. The van der Waals surface area contributed by atoms with E-state index in [1.165, 1.54) is 0 Å². The van der Waals surface area contributed by atoms with E-state index in [0.717, 1.165) is 14.8 Å². The quantitative estimate of drug-likeness (QED) is 0.489. The number of aromatic amines is 1. The fraction of sp³-hybridized carbons (Fsp3) is 0.176. The van der Waals surface area contributed by atoms with Gasteiger partial charge in [0.2, 0.25) is 0 Å². The van der Waals surface area contributed by atoms with Crippen molar-refractivity contribution in [3.63, 3.8) is 0 Å². The van der Waals surface area contributed by atoms with E-state index in [2.05, 4.69) is 27.6 Å². The second-order valence-electron chi connectivity index (χ2n) is 5.05. The smallest absolute Gasteiger partial charge is 0.259 e. The van der Waals surface area contributed by atoms with Gasteiger partial charge in [-0.1, -0.05) is 12.1 Å². The molecule has 108 valence electrons. The number of aryl methyl sites for hydroxylation is 2. The van der Waals surface area contributed by atoms with E-state index in [-0.39, 0.29) is 16.9 Å². The number of ketones is 1. The number of allylic oxidation sites excluding steroid dienone is 1. The van der Waals surface area contributed by atoms with Crippen LogP contribution in [0, 0.1) is 17.4 Å². The SMILES string of the molecule is C/C(=C/c1ccc(I)cc1)C(=O)c1c(C)cc(C)[nH]c1=O. The molecule has 2 rings (SSSR count). The van der Waals surface area contributed by atoms with Crippen molar-refractivity contribution in [2.75, 3.05) is 0 Å². The summed E-state index contributed by atoms with van der Waals surface area (Å²) < 4.78 is 1.14. The summed E-state index contributed by atoms with van der Waals surface area (Å²) in [5.74, 6) is -0.229. The molecule has 0 saturated heterocycles. The van der Waals surface area contributed by atoms with Gasteiger partial charge < -0.3 is 4.98 Å². The van der Waals surface area contributed by atoms with Crippen molar-refractivity contribution in [3.05, 3.63) is 72.2 Å². The summed E-state index contributed by atoms with van der Waals surface area (Å²) in [6.07, 6.45) is 1.80. The molecule has 0 atom stereocenters. The predicted molar refractivity (Wildman–Crippen MR) is 93.7 cm³/mol. The van der Waals surface area contributed by atoms with Gasteiger partial charge in [0.05, 0.1) is 5.56 Å². The standard InChI is InChI=1S/C17H16INO2/c1-10-8-12(3)19-17(21)15(10)16(20)11(2)9-13-4-6-14(18)7-5-13/h4-9H,1-3H3,(H,19,21)/b11-9-. The van der Waals surface area contributed by atoms with Crippen LogP contribution in [-0.4, -0.2) is 10.8 Å². The number of rotatable bonds is 3. The number of nitrogens with one attached hydrogen (secondary N) is 1. The van der Waals surface area contributed by atoms with Crippen molar-refractivity contribution >= 4 is 34.5 Å². The highest BCUT2D eigenvalue weighted by atomic mass is 127. The summed E-state index contributed by atoms with van der Waals surface area (Å²) in [5.41, 5.74) is 2.86. The van der Waals surface area contributed by atoms with Crippen LogP contribution in [0.1, 0.15) is 34.1 Å². The van der Waals surface area contributed by atoms with E-state index in [4.69, 9.17) is 0 Å². The molecule has 0 amide bonds. The Morgan fingerprint density at radius 3 is 2.38 bits per heavy atom. The van der Waals surface area contributed by atoms with Crippen LogP contribution in [0.3, 0.4) is 0 Å². The van der Waals surface area contributed by atoms with Crippen LogP contribution in [0.2, 0.25) is 0 Å². The average molecular weight is 393 g/mol. The maximum absolute atomic E-state index is 12.5. The molecule has 0 aliphatic heterocycles. The van der Waals surface area contributed by atoms with Crippen LogP contribution in [0.4, 0.5) is 0 Å². The molecule has 2 aromatic rings. The second kappa shape index (κ2) is 6.39. The molecule has 21 heavy (non-hydrogen) atoms. The lowest BCUT2D eigenvalue weighted by Gasteiger charge is -2.06. The summed E-state index contributed by atoms with van der Waals surface area (Å²) in [6.45, 7) is 5.32. The van der Waals surface area contributed by atoms with Gasteiger partial charge in [-0.05, 0) is 84.3 Å². The maximum atomic E-state index is 12.5. The zero-order valence-electron chi connectivity index (χ0n) is 12.2. The van der Waals surface area contributed by atoms with Gasteiger partial charge in [0.15, 0.2) is 5.78 Å². The number of benzene rings is 1. The van der Waals surface area contributed by atoms with Crippen molar-refractivity contribution < 1.29 is 4.79 Å². The Bertz CT molecular complexity index is 770. The summed E-state index contributed by atoms with van der Waals surface area (Å²) in [4.78, 5) is 27.2. The van der Waals surface area contributed by atoms with Gasteiger partial charge in [-0.15, -0.1) is 0 Å². The Morgan fingerprint density at radius 2 is 1.81 bits per heavy atom. The van der Waals surface area contributed by atoms with Crippen LogP contribution in [0.5, 0.6) is 0 Å². The van der Waals surface area contributed by atoms with Gasteiger partial charge in [-0.25, -0.2) is 0 Å². The van der Waals surface area contributed by atoms with Gasteiger partial charge in [0, 0.05) is 9.26 Å². The Kier molecular flexibility index (Phi) is 4.77. The molecule has 1 N–H and O–H groups in total. The fourth-order valence-electron chi connectivity index (χ4n) is 2.21. The van der Waals surface area contributed by atoms with Gasteiger partial charge in [-0.2, -0.15) is 0 Å². The fourth-order valence-corrected chi connectivity index (χ4v) is 2.57. The van der Waals surface area contributed by atoms with Crippen LogP contribution in [0.15, 0.2) is 40.7 Å². The van der Waals surface area contributed by atoms with Crippen LogP contribution >= 0.6 is 22.6 Å². The lowest BCUT2D eigenvalue weighted by Crippen LogP contribution is -2.21. The first kappa shape index (κ1) is 15.7. The number of Topliss-reactive ketones (excluding diaryl/α,β-unsaturated/α-hetero) is 1. The molecule has 0 aliphatic carbocycles. The number of hydrogen-bond donors (Lipinski definition) is 1. The molecule has 1 heterocycles. The minimum atomic E-state index is -0.326. The molecule has 0 aliphatic rings. The molecule has 0 saturated carbocycles. The Balaban J connectivity index is 2.40. The van der Waals surface area contributed by atoms with E-state index < -0.39 is 0 Å². The molecule has 3 nitrogen and oxygen atoms in total. The molecule has 4 heteroatoms. The number of hydrogen-bond acceptors (Lipinski definition) is 2.